The average Bonchev–Trinajstić information content (AvgIpc) is 2.59. The molecule has 144 valence electrons. The number of rotatable bonds is 5. The Balaban J connectivity index is 2.14. The molecule has 0 heterocycles. The van der Waals surface area contributed by atoms with Crippen molar-refractivity contribution in [2.45, 2.75) is 57.9 Å². The van der Waals surface area contributed by atoms with Crippen LogP contribution in [0.25, 0.3) is 0 Å². The summed E-state index contributed by atoms with van der Waals surface area (Å²) in [7, 11) is 1.38. The van der Waals surface area contributed by atoms with Gasteiger partial charge in [0.25, 0.3) is 0 Å². The topological polar surface area (TPSA) is 58.6 Å². The van der Waals surface area contributed by atoms with E-state index in [2.05, 4.69) is 5.32 Å². The van der Waals surface area contributed by atoms with Gasteiger partial charge in [0, 0.05) is 23.3 Å². The molecule has 0 spiro atoms. The van der Waals surface area contributed by atoms with Gasteiger partial charge in [-0.15, -0.1) is 0 Å². The normalized spacial score (nSPS) is 16.9. The lowest BCUT2D eigenvalue weighted by molar-refractivity contribution is -0.145. The number of hydrogen-bond acceptors (Lipinski definition) is 3. The molecule has 1 fully saturated rings. The summed E-state index contributed by atoms with van der Waals surface area (Å²) in [6, 6.07) is 7.05. The summed E-state index contributed by atoms with van der Waals surface area (Å²) < 4.78 is 4.84. The lowest BCUT2D eigenvalue weighted by atomic mass is 9.95. The number of urea groups is 1. The van der Waals surface area contributed by atoms with Gasteiger partial charge in [0.05, 0.1) is 13.0 Å². The zero-order chi connectivity index (χ0) is 18.9. The van der Waals surface area contributed by atoms with E-state index in [1.54, 1.807) is 25.1 Å². The van der Waals surface area contributed by atoms with Crippen molar-refractivity contribution in [2.75, 3.05) is 19.0 Å². The van der Waals surface area contributed by atoms with E-state index in [0.717, 1.165) is 25.7 Å². The summed E-state index contributed by atoms with van der Waals surface area (Å²) in [5, 5.41) is 3.50. The second kappa shape index (κ2) is 10.4. The Morgan fingerprint density at radius 2 is 1.88 bits per heavy atom. The number of amides is 2. The van der Waals surface area contributed by atoms with Crippen LogP contribution < -0.4 is 5.32 Å². The van der Waals surface area contributed by atoms with E-state index in [4.69, 9.17) is 16.3 Å². The lowest BCUT2D eigenvalue weighted by Crippen LogP contribution is -2.46. The van der Waals surface area contributed by atoms with Crippen LogP contribution >= 0.6 is 11.6 Å². The molecule has 2 amide bonds. The first-order chi connectivity index (χ1) is 12.5. The van der Waals surface area contributed by atoms with Gasteiger partial charge >= 0.3 is 12.0 Å². The van der Waals surface area contributed by atoms with Crippen molar-refractivity contribution >= 4 is 29.3 Å². The highest BCUT2D eigenvalue weighted by atomic mass is 35.5. The highest BCUT2D eigenvalue weighted by molar-refractivity contribution is 6.30. The molecular weight excluding hydrogens is 352 g/mol. The van der Waals surface area contributed by atoms with E-state index in [1.807, 2.05) is 11.0 Å². The molecule has 26 heavy (non-hydrogen) atoms. The third kappa shape index (κ3) is 6.20. The predicted molar refractivity (Wildman–Crippen MR) is 104 cm³/mol. The van der Waals surface area contributed by atoms with E-state index in [-0.39, 0.29) is 24.0 Å². The largest absolute Gasteiger partial charge is 0.469 e. The summed E-state index contributed by atoms with van der Waals surface area (Å²) in [5.74, 6) is -0.660. The number of nitrogens with zero attached hydrogens (tertiary/aromatic N) is 1. The molecule has 1 aliphatic carbocycles. The fraction of sp³-hybridized carbons (Fsp3) is 0.600. The van der Waals surface area contributed by atoms with Gasteiger partial charge in [-0.25, -0.2) is 4.79 Å². The molecular formula is C20H29ClN2O3. The molecule has 1 saturated carbocycles. The number of nitrogens with one attached hydrogen (secondary N) is 1. The number of halogens is 1. The second-order valence-electron chi connectivity index (χ2n) is 7.02. The van der Waals surface area contributed by atoms with Gasteiger partial charge in [0.15, 0.2) is 0 Å². The van der Waals surface area contributed by atoms with Crippen LogP contribution in [-0.2, 0) is 9.53 Å². The number of benzene rings is 1. The van der Waals surface area contributed by atoms with Gasteiger partial charge < -0.3 is 15.0 Å². The van der Waals surface area contributed by atoms with Crippen LogP contribution in [0.3, 0.4) is 0 Å². The second-order valence-corrected chi connectivity index (χ2v) is 7.45. The fourth-order valence-corrected chi connectivity index (χ4v) is 3.67. The van der Waals surface area contributed by atoms with E-state index in [0.29, 0.717) is 17.3 Å². The van der Waals surface area contributed by atoms with Gasteiger partial charge in [0.2, 0.25) is 0 Å². The number of carbonyl (C=O) groups excluding carboxylic acids is 2. The molecule has 1 N–H and O–H groups in total. The first-order valence-corrected chi connectivity index (χ1v) is 9.80. The predicted octanol–water partition coefficient (Wildman–Crippen LogP) is 5.10. The monoisotopic (exact) mass is 380 g/mol. The standard InChI is InChI=1S/C20H29ClN2O3/c1-15(19(24)26-2)14-23(18-11-6-4-3-5-7-12-18)20(25)22-17-10-8-9-16(21)13-17/h8-10,13,15,18H,3-7,11-12,14H2,1-2H3,(H,22,25). The van der Waals surface area contributed by atoms with E-state index >= 15 is 0 Å². The van der Waals surface area contributed by atoms with Gasteiger partial charge in [-0.3, -0.25) is 4.79 Å². The maximum Gasteiger partial charge on any atom is 0.322 e. The summed E-state index contributed by atoms with van der Waals surface area (Å²) in [4.78, 5) is 26.7. The molecule has 0 aromatic heterocycles. The SMILES string of the molecule is COC(=O)C(C)CN(C(=O)Nc1cccc(Cl)c1)C1CCCCCCC1. The van der Waals surface area contributed by atoms with Crippen molar-refractivity contribution in [3.63, 3.8) is 0 Å². The quantitative estimate of drug-likeness (QED) is 0.723. The minimum Gasteiger partial charge on any atom is -0.469 e. The molecule has 0 aliphatic heterocycles. The Kier molecular flexibility index (Phi) is 8.23. The van der Waals surface area contributed by atoms with Crippen LogP contribution in [0.2, 0.25) is 5.02 Å². The highest BCUT2D eigenvalue weighted by Gasteiger charge is 2.28. The molecule has 1 atom stereocenters. The summed E-state index contributed by atoms with van der Waals surface area (Å²) in [6.07, 6.45) is 7.82. The molecule has 1 aromatic carbocycles. The Bertz CT molecular complexity index is 600. The summed E-state index contributed by atoms with van der Waals surface area (Å²) >= 11 is 6.01. The number of ether oxygens (including phenoxy) is 1. The first-order valence-electron chi connectivity index (χ1n) is 9.42. The van der Waals surface area contributed by atoms with Crippen molar-refractivity contribution in [2.24, 2.45) is 5.92 Å². The van der Waals surface area contributed by atoms with E-state index < -0.39 is 0 Å². The first kappa shape index (κ1) is 20.6. The van der Waals surface area contributed by atoms with Crippen LogP contribution in [0, 0.1) is 5.92 Å². The molecule has 5 nitrogen and oxygen atoms in total. The van der Waals surface area contributed by atoms with Crippen LogP contribution in [0.15, 0.2) is 24.3 Å². The molecule has 2 rings (SSSR count). The van der Waals surface area contributed by atoms with Crippen LogP contribution in [0.1, 0.15) is 51.9 Å². The van der Waals surface area contributed by atoms with Crippen molar-refractivity contribution in [3.05, 3.63) is 29.3 Å². The maximum absolute atomic E-state index is 13.0. The number of esters is 1. The molecule has 0 bridgehead atoms. The number of carbonyl (C=O) groups is 2. The highest BCUT2D eigenvalue weighted by Crippen LogP contribution is 2.24. The average molecular weight is 381 g/mol. The van der Waals surface area contributed by atoms with Crippen LogP contribution in [-0.4, -0.2) is 36.6 Å². The Labute approximate surface area is 161 Å². The van der Waals surface area contributed by atoms with Crippen LogP contribution in [0.5, 0.6) is 0 Å². The summed E-state index contributed by atoms with van der Waals surface area (Å²) in [5.41, 5.74) is 0.657. The Morgan fingerprint density at radius 1 is 1.23 bits per heavy atom. The minimum atomic E-state index is -0.365. The Hall–Kier alpha value is -1.75. The third-order valence-electron chi connectivity index (χ3n) is 4.93. The van der Waals surface area contributed by atoms with Gasteiger partial charge in [-0.1, -0.05) is 56.7 Å². The third-order valence-corrected chi connectivity index (χ3v) is 5.16. The molecule has 6 heteroatoms. The smallest absolute Gasteiger partial charge is 0.322 e. The molecule has 1 aliphatic rings. The van der Waals surface area contributed by atoms with E-state index in [9.17, 15) is 9.59 Å². The fourth-order valence-electron chi connectivity index (χ4n) is 3.48. The maximum atomic E-state index is 13.0. The molecule has 0 saturated heterocycles. The van der Waals surface area contributed by atoms with Crippen molar-refractivity contribution in [3.8, 4) is 0 Å². The van der Waals surface area contributed by atoms with Crippen molar-refractivity contribution in [1.82, 2.24) is 4.90 Å². The summed E-state index contributed by atoms with van der Waals surface area (Å²) in [6.45, 7) is 2.15. The number of hydrogen-bond donors (Lipinski definition) is 1. The molecule has 0 radical (unpaired) electrons. The number of anilines is 1. The van der Waals surface area contributed by atoms with E-state index in [1.165, 1.54) is 26.4 Å². The number of methoxy groups -OCH3 is 1. The Morgan fingerprint density at radius 3 is 2.50 bits per heavy atom. The van der Waals surface area contributed by atoms with Gasteiger partial charge in [-0.05, 0) is 31.0 Å². The lowest BCUT2D eigenvalue weighted by Gasteiger charge is -2.34. The molecule has 1 aromatic rings. The van der Waals surface area contributed by atoms with Gasteiger partial charge in [-0.2, -0.15) is 0 Å². The molecule has 1 unspecified atom stereocenters. The van der Waals surface area contributed by atoms with Gasteiger partial charge in [0.1, 0.15) is 0 Å². The minimum absolute atomic E-state index is 0.140. The van der Waals surface area contributed by atoms with Crippen LogP contribution in [0.4, 0.5) is 10.5 Å². The van der Waals surface area contributed by atoms with Crippen molar-refractivity contribution in [1.29, 1.82) is 0 Å². The zero-order valence-corrected chi connectivity index (χ0v) is 16.4. The van der Waals surface area contributed by atoms with Crippen molar-refractivity contribution < 1.29 is 14.3 Å². The zero-order valence-electron chi connectivity index (χ0n) is 15.7.